The Hall–Kier alpha value is -0.0300. The van der Waals surface area contributed by atoms with Gasteiger partial charge in [0.15, 0.2) is 0 Å². The summed E-state index contributed by atoms with van der Waals surface area (Å²) >= 11 is 3.77. The SMILES string of the molecule is CSCCCC(CN)N(C)C(C)Cc1cccs1. The van der Waals surface area contributed by atoms with E-state index in [0.29, 0.717) is 12.1 Å². The second kappa shape index (κ2) is 8.97. The summed E-state index contributed by atoms with van der Waals surface area (Å²) in [7, 11) is 2.22. The molecule has 2 atom stereocenters. The highest BCUT2D eigenvalue weighted by molar-refractivity contribution is 7.98. The van der Waals surface area contributed by atoms with Crippen molar-refractivity contribution in [1.82, 2.24) is 4.90 Å². The fraction of sp³-hybridized carbons (Fsp3) is 0.714. The van der Waals surface area contributed by atoms with E-state index in [-0.39, 0.29) is 0 Å². The average molecular weight is 287 g/mol. The smallest absolute Gasteiger partial charge is 0.0218 e. The molecule has 1 aromatic heterocycles. The number of nitrogens with zero attached hydrogens (tertiary/aromatic N) is 1. The Morgan fingerprint density at radius 1 is 1.50 bits per heavy atom. The van der Waals surface area contributed by atoms with Crippen molar-refractivity contribution < 1.29 is 0 Å². The van der Waals surface area contributed by atoms with Gasteiger partial charge < -0.3 is 5.73 Å². The Labute approximate surface area is 120 Å². The highest BCUT2D eigenvalue weighted by Gasteiger charge is 2.18. The summed E-state index contributed by atoms with van der Waals surface area (Å²) < 4.78 is 0. The van der Waals surface area contributed by atoms with Crippen molar-refractivity contribution in [1.29, 1.82) is 0 Å². The summed E-state index contributed by atoms with van der Waals surface area (Å²) in [6.07, 6.45) is 5.77. The zero-order valence-corrected chi connectivity index (χ0v) is 13.4. The van der Waals surface area contributed by atoms with Crippen molar-refractivity contribution in [3.63, 3.8) is 0 Å². The molecule has 0 saturated heterocycles. The Kier molecular flexibility index (Phi) is 7.98. The van der Waals surface area contributed by atoms with E-state index in [1.807, 2.05) is 23.1 Å². The third kappa shape index (κ3) is 5.31. The fourth-order valence-electron chi connectivity index (χ4n) is 2.17. The summed E-state index contributed by atoms with van der Waals surface area (Å²) in [6, 6.07) is 5.43. The number of nitrogens with two attached hydrogens (primary N) is 1. The minimum absolute atomic E-state index is 0.520. The van der Waals surface area contributed by atoms with E-state index in [0.717, 1.165) is 13.0 Å². The normalized spacial score (nSPS) is 14.9. The van der Waals surface area contributed by atoms with Crippen LogP contribution < -0.4 is 5.73 Å². The molecule has 18 heavy (non-hydrogen) atoms. The first kappa shape index (κ1) is 16.0. The van der Waals surface area contributed by atoms with Crippen LogP contribution in [-0.2, 0) is 6.42 Å². The van der Waals surface area contributed by atoms with Crippen LogP contribution in [0, 0.1) is 0 Å². The maximum atomic E-state index is 5.92. The highest BCUT2D eigenvalue weighted by Crippen LogP contribution is 2.16. The minimum atomic E-state index is 0.520. The second-order valence-electron chi connectivity index (χ2n) is 4.82. The molecule has 0 bridgehead atoms. The molecular weight excluding hydrogens is 260 g/mol. The Morgan fingerprint density at radius 2 is 2.28 bits per heavy atom. The summed E-state index contributed by atoms with van der Waals surface area (Å²) in [4.78, 5) is 3.93. The van der Waals surface area contributed by atoms with Gasteiger partial charge in [0, 0.05) is 23.5 Å². The van der Waals surface area contributed by atoms with Crippen molar-refractivity contribution in [2.24, 2.45) is 5.73 Å². The third-order valence-electron chi connectivity index (χ3n) is 3.51. The number of thiophene rings is 1. The number of thioether (sulfide) groups is 1. The monoisotopic (exact) mass is 286 g/mol. The summed E-state index contributed by atoms with van der Waals surface area (Å²) in [6.45, 7) is 3.07. The maximum Gasteiger partial charge on any atom is 0.0218 e. The summed E-state index contributed by atoms with van der Waals surface area (Å²) in [5, 5.41) is 2.15. The number of rotatable bonds is 9. The first-order valence-corrected chi connectivity index (χ1v) is 8.89. The number of hydrogen-bond donors (Lipinski definition) is 1. The molecule has 1 rings (SSSR count). The van der Waals surface area contributed by atoms with Gasteiger partial charge in [-0.1, -0.05) is 6.07 Å². The minimum Gasteiger partial charge on any atom is -0.329 e. The predicted octanol–water partition coefficient (Wildman–Crippen LogP) is 3.08. The van der Waals surface area contributed by atoms with Crippen molar-refractivity contribution in [3.05, 3.63) is 22.4 Å². The van der Waals surface area contributed by atoms with Crippen molar-refractivity contribution in [2.75, 3.05) is 25.6 Å². The molecule has 2 N–H and O–H groups in total. The molecule has 0 aliphatic carbocycles. The van der Waals surface area contributed by atoms with E-state index in [4.69, 9.17) is 5.73 Å². The first-order valence-electron chi connectivity index (χ1n) is 6.62. The van der Waals surface area contributed by atoms with Crippen molar-refractivity contribution in [3.8, 4) is 0 Å². The molecular formula is C14H26N2S2. The van der Waals surface area contributed by atoms with E-state index < -0.39 is 0 Å². The molecule has 104 valence electrons. The molecule has 0 amide bonds. The Morgan fingerprint density at radius 3 is 2.83 bits per heavy atom. The highest BCUT2D eigenvalue weighted by atomic mass is 32.2. The van der Waals surface area contributed by atoms with Crippen LogP contribution >= 0.6 is 23.1 Å². The molecule has 0 aliphatic rings. The van der Waals surface area contributed by atoms with Gasteiger partial charge in [0.2, 0.25) is 0 Å². The predicted molar refractivity (Wildman–Crippen MR) is 85.7 cm³/mol. The van der Waals surface area contributed by atoms with E-state index in [2.05, 4.69) is 42.6 Å². The van der Waals surface area contributed by atoms with Gasteiger partial charge in [-0.2, -0.15) is 11.8 Å². The van der Waals surface area contributed by atoms with Crippen molar-refractivity contribution >= 4 is 23.1 Å². The van der Waals surface area contributed by atoms with Crippen LogP contribution in [0.3, 0.4) is 0 Å². The molecule has 0 saturated carbocycles. The summed E-state index contributed by atoms with van der Waals surface area (Å²) in [5.41, 5.74) is 5.92. The zero-order valence-electron chi connectivity index (χ0n) is 11.8. The maximum absolute atomic E-state index is 5.92. The lowest BCUT2D eigenvalue weighted by Gasteiger charge is -2.32. The van der Waals surface area contributed by atoms with Crippen LogP contribution in [0.2, 0.25) is 0 Å². The van der Waals surface area contributed by atoms with Gasteiger partial charge in [0.1, 0.15) is 0 Å². The lowest BCUT2D eigenvalue weighted by molar-refractivity contribution is 0.178. The van der Waals surface area contributed by atoms with Gasteiger partial charge in [-0.3, -0.25) is 4.90 Å². The molecule has 2 unspecified atom stereocenters. The molecule has 1 aromatic rings. The van der Waals surface area contributed by atoms with Gasteiger partial charge >= 0.3 is 0 Å². The van der Waals surface area contributed by atoms with Crippen LogP contribution in [0.25, 0.3) is 0 Å². The average Bonchev–Trinajstić information content (AvgIpc) is 2.86. The molecule has 0 aromatic carbocycles. The van der Waals surface area contributed by atoms with Gasteiger partial charge in [0.05, 0.1) is 0 Å². The van der Waals surface area contributed by atoms with Crippen LogP contribution in [0.4, 0.5) is 0 Å². The van der Waals surface area contributed by atoms with Gasteiger partial charge in [-0.15, -0.1) is 11.3 Å². The molecule has 0 radical (unpaired) electrons. The topological polar surface area (TPSA) is 29.3 Å². The molecule has 0 spiro atoms. The lowest BCUT2D eigenvalue weighted by atomic mass is 10.1. The van der Waals surface area contributed by atoms with Crippen molar-refractivity contribution in [2.45, 2.75) is 38.3 Å². The molecule has 0 aliphatic heterocycles. The van der Waals surface area contributed by atoms with Crippen LogP contribution in [0.1, 0.15) is 24.6 Å². The van der Waals surface area contributed by atoms with Crippen LogP contribution in [0.15, 0.2) is 17.5 Å². The lowest BCUT2D eigenvalue weighted by Crippen LogP contribution is -2.44. The second-order valence-corrected chi connectivity index (χ2v) is 6.84. The van der Waals surface area contributed by atoms with Crippen LogP contribution in [-0.4, -0.2) is 42.6 Å². The first-order chi connectivity index (χ1) is 8.69. The largest absolute Gasteiger partial charge is 0.329 e. The van der Waals surface area contributed by atoms with Gasteiger partial charge in [-0.25, -0.2) is 0 Å². The third-order valence-corrected chi connectivity index (χ3v) is 5.10. The number of hydrogen-bond acceptors (Lipinski definition) is 4. The van der Waals surface area contributed by atoms with Gasteiger partial charge in [0.25, 0.3) is 0 Å². The zero-order chi connectivity index (χ0) is 13.4. The van der Waals surface area contributed by atoms with E-state index >= 15 is 0 Å². The quantitative estimate of drug-likeness (QED) is 0.707. The standard InChI is InChI=1S/C14H26N2S2/c1-12(10-14-7-5-9-18-14)16(2)13(11-15)6-4-8-17-3/h5,7,9,12-13H,4,6,8,10-11,15H2,1-3H3. The molecule has 1 heterocycles. The van der Waals surface area contributed by atoms with E-state index in [9.17, 15) is 0 Å². The fourth-order valence-corrected chi connectivity index (χ4v) is 3.46. The van der Waals surface area contributed by atoms with Crippen LogP contribution in [0.5, 0.6) is 0 Å². The van der Waals surface area contributed by atoms with E-state index in [1.165, 1.54) is 23.5 Å². The number of likely N-dealkylation sites (N-methyl/N-ethyl adjacent to an activating group) is 1. The summed E-state index contributed by atoms with van der Waals surface area (Å²) in [5.74, 6) is 1.24. The Bertz CT molecular complexity index is 301. The Balaban J connectivity index is 2.41. The molecule has 2 nitrogen and oxygen atoms in total. The van der Waals surface area contributed by atoms with E-state index in [1.54, 1.807) is 0 Å². The van der Waals surface area contributed by atoms with Gasteiger partial charge in [-0.05, 0) is 56.7 Å². The molecule has 4 heteroatoms. The molecule has 0 fully saturated rings.